The predicted molar refractivity (Wildman–Crippen MR) is 200 cm³/mol. The SMILES string of the molecule is CCCCN(CC(O)C(Cc1ccccc1)NC(=O)c1cc(C(=O)N(CCC)CCC)cc(S(=O)(=O)N(C)C)c1)NS(=O)(=O)Cc1ccccc1. The van der Waals surface area contributed by atoms with Gasteiger partial charge in [0.1, 0.15) is 0 Å². The van der Waals surface area contributed by atoms with Crippen LogP contribution in [0.5, 0.6) is 0 Å². The third-order valence-corrected chi connectivity index (χ3v) is 11.2. The Labute approximate surface area is 303 Å². The van der Waals surface area contributed by atoms with Gasteiger partial charge in [-0.2, -0.15) is 0 Å². The number of aliphatic hydroxyl groups excluding tert-OH is 1. The largest absolute Gasteiger partial charge is 0.390 e. The second kappa shape index (κ2) is 19.8. The minimum absolute atomic E-state index is 0.0590. The first kappa shape index (κ1) is 41.8. The zero-order valence-corrected chi connectivity index (χ0v) is 31.9. The number of hydrazine groups is 1. The smallest absolute Gasteiger partial charge is 0.253 e. The molecule has 0 aliphatic carbocycles. The number of rotatable bonds is 21. The van der Waals surface area contributed by atoms with Gasteiger partial charge in [0.15, 0.2) is 0 Å². The Bertz CT molecular complexity index is 1770. The topological polar surface area (TPSA) is 156 Å². The Kier molecular flexibility index (Phi) is 16.2. The molecule has 2 unspecified atom stereocenters. The highest BCUT2D eigenvalue weighted by atomic mass is 32.2. The Morgan fingerprint density at radius 2 is 1.33 bits per heavy atom. The van der Waals surface area contributed by atoms with Crippen molar-refractivity contribution in [3.63, 3.8) is 0 Å². The summed E-state index contributed by atoms with van der Waals surface area (Å²) in [6.45, 7) is 6.96. The minimum atomic E-state index is -4.04. The third kappa shape index (κ3) is 12.8. The highest BCUT2D eigenvalue weighted by Gasteiger charge is 2.29. The van der Waals surface area contributed by atoms with Crippen LogP contribution in [-0.2, 0) is 32.2 Å². The molecule has 0 aliphatic heterocycles. The number of hydrogen-bond acceptors (Lipinski definition) is 8. The lowest BCUT2D eigenvalue weighted by molar-refractivity contribution is 0.0614. The molecule has 3 aromatic carbocycles. The van der Waals surface area contributed by atoms with E-state index in [-0.39, 0.29) is 34.7 Å². The Balaban J connectivity index is 1.98. The maximum Gasteiger partial charge on any atom is 0.253 e. The number of hydrogen-bond donors (Lipinski definition) is 3. The number of nitrogens with zero attached hydrogens (tertiary/aromatic N) is 3. The van der Waals surface area contributed by atoms with Gasteiger partial charge in [-0.1, -0.05) is 87.9 Å². The van der Waals surface area contributed by atoms with Crippen LogP contribution in [0.4, 0.5) is 0 Å². The van der Waals surface area contributed by atoms with Crippen molar-refractivity contribution in [1.82, 2.24) is 24.4 Å². The van der Waals surface area contributed by atoms with E-state index in [0.717, 1.165) is 16.3 Å². The number of carbonyl (C=O) groups is 2. The van der Waals surface area contributed by atoms with Gasteiger partial charge in [-0.25, -0.2) is 26.1 Å². The second-order valence-corrected chi connectivity index (χ2v) is 16.7. The van der Waals surface area contributed by atoms with Crippen molar-refractivity contribution in [2.75, 3.05) is 40.3 Å². The van der Waals surface area contributed by atoms with Gasteiger partial charge in [0, 0.05) is 51.4 Å². The number of nitrogens with one attached hydrogen (secondary N) is 2. The lowest BCUT2D eigenvalue weighted by Gasteiger charge is -2.30. The van der Waals surface area contributed by atoms with E-state index < -0.39 is 44.0 Å². The Morgan fingerprint density at radius 1 is 0.765 bits per heavy atom. The van der Waals surface area contributed by atoms with Crippen LogP contribution in [0.1, 0.15) is 78.3 Å². The van der Waals surface area contributed by atoms with Gasteiger partial charge in [0.25, 0.3) is 11.8 Å². The van der Waals surface area contributed by atoms with Crippen molar-refractivity contribution in [3.05, 3.63) is 101 Å². The fourth-order valence-corrected chi connectivity index (χ4v) is 7.78. The van der Waals surface area contributed by atoms with Gasteiger partial charge in [-0.05, 0) is 55.0 Å². The quantitative estimate of drug-likeness (QED) is 0.138. The summed E-state index contributed by atoms with van der Waals surface area (Å²) in [5.74, 6) is -1.33. The molecule has 0 aromatic heterocycles. The zero-order chi connectivity index (χ0) is 37.6. The van der Waals surface area contributed by atoms with Gasteiger partial charge in [0.05, 0.1) is 22.8 Å². The van der Waals surface area contributed by atoms with E-state index in [1.54, 1.807) is 35.2 Å². The van der Waals surface area contributed by atoms with Crippen LogP contribution >= 0.6 is 0 Å². The van der Waals surface area contributed by atoms with E-state index in [0.29, 0.717) is 44.5 Å². The fourth-order valence-electron chi connectivity index (χ4n) is 5.55. The van der Waals surface area contributed by atoms with E-state index in [9.17, 15) is 31.5 Å². The minimum Gasteiger partial charge on any atom is -0.390 e. The van der Waals surface area contributed by atoms with E-state index in [1.807, 2.05) is 51.1 Å². The molecule has 3 aromatic rings. The van der Waals surface area contributed by atoms with Crippen molar-refractivity contribution < 1.29 is 31.5 Å². The van der Waals surface area contributed by atoms with Crippen molar-refractivity contribution in [1.29, 1.82) is 0 Å². The fraction of sp³-hybridized carbons (Fsp3) is 0.459. The molecule has 0 spiro atoms. The number of aliphatic hydroxyl groups is 1. The normalized spacial score (nSPS) is 13.3. The molecule has 14 heteroatoms. The number of unbranched alkanes of at least 4 members (excludes halogenated alkanes) is 1. The van der Waals surface area contributed by atoms with Gasteiger partial charge >= 0.3 is 0 Å². The summed E-state index contributed by atoms with van der Waals surface area (Å²) in [6, 6.07) is 20.9. The Hall–Kier alpha value is -3.66. The first-order valence-electron chi connectivity index (χ1n) is 17.4. The molecule has 0 saturated carbocycles. The van der Waals surface area contributed by atoms with Gasteiger partial charge < -0.3 is 15.3 Å². The molecule has 3 N–H and O–H groups in total. The molecule has 3 rings (SSSR count). The standard InChI is InChI=1S/C37H53N5O7S2/c1-6-9-22-42(39-50(46,47)28-30-18-14-11-15-19-30)27-35(43)34(23-29-16-12-10-13-17-29)38-36(44)31-24-32(37(45)41(20-7-2)21-8-3)26-33(25-31)51(48,49)40(4)5/h10-19,24-26,34-35,39,43H,6-9,20-23,27-28H2,1-5H3,(H,38,44). The molecule has 0 fully saturated rings. The number of carbonyl (C=O) groups excluding carboxylic acids is 2. The van der Waals surface area contributed by atoms with Crippen LogP contribution in [0.2, 0.25) is 0 Å². The summed E-state index contributed by atoms with van der Waals surface area (Å²) in [6.07, 6.45) is 1.75. The van der Waals surface area contributed by atoms with E-state index >= 15 is 0 Å². The summed E-state index contributed by atoms with van der Waals surface area (Å²) >= 11 is 0. The molecule has 0 bridgehead atoms. The molecule has 280 valence electrons. The average molecular weight is 744 g/mol. The van der Waals surface area contributed by atoms with Crippen LogP contribution in [0.25, 0.3) is 0 Å². The number of sulfonamides is 2. The molecule has 12 nitrogen and oxygen atoms in total. The highest BCUT2D eigenvalue weighted by Crippen LogP contribution is 2.21. The van der Waals surface area contributed by atoms with Gasteiger partial charge in [-0.15, -0.1) is 4.83 Å². The number of amides is 2. The van der Waals surface area contributed by atoms with Crippen molar-refractivity contribution in [3.8, 4) is 0 Å². The zero-order valence-electron chi connectivity index (χ0n) is 30.3. The molecule has 0 heterocycles. The van der Waals surface area contributed by atoms with Gasteiger partial charge in [-0.3, -0.25) is 9.59 Å². The predicted octanol–water partition coefficient (Wildman–Crippen LogP) is 4.04. The summed E-state index contributed by atoms with van der Waals surface area (Å²) in [5, 5.41) is 16.0. The van der Waals surface area contributed by atoms with Crippen molar-refractivity contribution in [2.24, 2.45) is 0 Å². The molecule has 0 saturated heterocycles. The van der Waals surface area contributed by atoms with Crippen LogP contribution in [0.15, 0.2) is 83.8 Å². The Morgan fingerprint density at radius 3 is 1.88 bits per heavy atom. The molecular weight excluding hydrogens is 691 g/mol. The lowest BCUT2D eigenvalue weighted by Crippen LogP contribution is -2.53. The van der Waals surface area contributed by atoms with Crippen LogP contribution in [0, 0.1) is 0 Å². The summed E-state index contributed by atoms with van der Waals surface area (Å²) in [5.41, 5.74) is 1.41. The molecular formula is C37H53N5O7S2. The van der Waals surface area contributed by atoms with Crippen LogP contribution in [-0.4, -0.2) is 100 Å². The van der Waals surface area contributed by atoms with E-state index in [4.69, 9.17) is 0 Å². The molecule has 51 heavy (non-hydrogen) atoms. The number of benzene rings is 3. The monoisotopic (exact) mass is 743 g/mol. The summed E-state index contributed by atoms with van der Waals surface area (Å²) in [7, 11) is -5.13. The van der Waals surface area contributed by atoms with Crippen LogP contribution < -0.4 is 10.1 Å². The van der Waals surface area contributed by atoms with Crippen molar-refractivity contribution >= 4 is 31.9 Å². The van der Waals surface area contributed by atoms with E-state index in [1.165, 1.54) is 37.3 Å². The summed E-state index contributed by atoms with van der Waals surface area (Å²) < 4.78 is 53.9. The maximum absolute atomic E-state index is 14.0. The van der Waals surface area contributed by atoms with Crippen LogP contribution in [0.3, 0.4) is 0 Å². The summed E-state index contributed by atoms with van der Waals surface area (Å²) in [4.78, 5) is 31.7. The molecule has 0 aliphatic rings. The first-order chi connectivity index (χ1) is 24.2. The van der Waals surface area contributed by atoms with Gasteiger partial charge in [0.2, 0.25) is 20.0 Å². The lowest BCUT2D eigenvalue weighted by atomic mass is 10.00. The van der Waals surface area contributed by atoms with Crippen molar-refractivity contribution in [2.45, 2.75) is 75.7 Å². The molecule has 2 amide bonds. The third-order valence-electron chi connectivity index (χ3n) is 8.20. The maximum atomic E-state index is 14.0. The van der Waals surface area contributed by atoms with E-state index in [2.05, 4.69) is 10.1 Å². The average Bonchev–Trinajstić information content (AvgIpc) is 3.10. The molecule has 2 atom stereocenters. The highest BCUT2D eigenvalue weighted by molar-refractivity contribution is 7.89. The molecule has 0 radical (unpaired) electrons. The first-order valence-corrected chi connectivity index (χ1v) is 20.5. The second-order valence-electron chi connectivity index (χ2n) is 12.8.